The Hall–Kier alpha value is -1.65. The zero-order chi connectivity index (χ0) is 15.2. The number of rotatable bonds is 6. The largest absolute Gasteiger partial charge is 0.353 e. The second-order valence-corrected chi connectivity index (χ2v) is 6.25. The van der Waals surface area contributed by atoms with Crippen LogP contribution in [0.5, 0.6) is 0 Å². The van der Waals surface area contributed by atoms with Gasteiger partial charge in [0.25, 0.3) is 0 Å². The summed E-state index contributed by atoms with van der Waals surface area (Å²) in [7, 11) is 0. The lowest BCUT2D eigenvalue weighted by Crippen LogP contribution is -2.41. The Balaban J connectivity index is 1.90. The van der Waals surface area contributed by atoms with Crippen molar-refractivity contribution in [3.63, 3.8) is 0 Å². The van der Waals surface area contributed by atoms with Crippen molar-refractivity contribution in [3.05, 3.63) is 58.3 Å². The van der Waals surface area contributed by atoms with Gasteiger partial charge in [-0.1, -0.05) is 37.3 Å². The average Bonchev–Trinajstić information content (AvgIpc) is 2.99. The third kappa shape index (κ3) is 4.41. The van der Waals surface area contributed by atoms with E-state index in [0.29, 0.717) is 0 Å². The summed E-state index contributed by atoms with van der Waals surface area (Å²) in [5.41, 5.74) is 8.44. The predicted octanol–water partition coefficient (Wildman–Crippen LogP) is 3.13. The van der Waals surface area contributed by atoms with Crippen molar-refractivity contribution in [2.45, 2.75) is 32.4 Å². The van der Waals surface area contributed by atoms with Crippen LogP contribution in [0.25, 0.3) is 0 Å². The molecule has 3 atom stereocenters. The first-order chi connectivity index (χ1) is 10.1. The maximum Gasteiger partial charge on any atom is 0.224 e. The molecule has 1 aromatic carbocycles. The normalized spacial score (nSPS) is 15.2. The summed E-state index contributed by atoms with van der Waals surface area (Å²) < 4.78 is 0. The number of hydrogen-bond acceptors (Lipinski definition) is 3. The summed E-state index contributed by atoms with van der Waals surface area (Å²) in [5.74, 6) is -0.244. The standard InChI is InChI=1S/C17H22N2OS/c1-12(10-14-8-9-21-11-14)19-17(20)13(2)16(18)15-6-4-3-5-7-15/h3-9,11-13,16H,10,18H2,1-2H3,(H,19,20). The molecule has 0 aliphatic rings. The third-order valence-corrected chi connectivity index (χ3v) is 4.38. The fourth-order valence-electron chi connectivity index (χ4n) is 2.31. The predicted molar refractivity (Wildman–Crippen MR) is 88.2 cm³/mol. The minimum atomic E-state index is -0.278. The Bertz CT molecular complexity index is 553. The molecule has 0 bridgehead atoms. The molecule has 1 aromatic heterocycles. The van der Waals surface area contributed by atoms with Crippen LogP contribution in [-0.2, 0) is 11.2 Å². The smallest absolute Gasteiger partial charge is 0.224 e. The molecular formula is C17H22N2OS. The molecule has 1 heterocycles. The van der Waals surface area contributed by atoms with E-state index in [1.54, 1.807) is 11.3 Å². The second-order valence-electron chi connectivity index (χ2n) is 5.47. The molecular weight excluding hydrogens is 280 g/mol. The van der Waals surface area contributed by atoms with Crippen LogP contribution >= 0.6 is 11.3 Å². The highest BCUT2D eigenvalue weighted by Crippen LogP contribution is 2.19. The summed E-state index contributed by atoms with van der Waals surface area (Å²) >= 11 is 1.68. The quantitative estimate of drug-likeness (QED) is 0.861. The average molecular weight is 302 g/mol. The second kappa shape index (κ2) is 7.38. The van der Waals surface area contributed by atoms with Gasteiger partial charge in [-0.05, 0) is 41.3 Å². The van der Waals surface area contributed by atoms with E-state index < -0.39 is 0 Å². The summed E-state index contributed by atoms with van der Waals surface area (Å²) in [6.45, 7) is 3.90. The van der Waals surface area contributed by atoms with Gasteiger partial charge in [0.2, 0.25) is 5.91 Å². The van der Waals surface area contributed by atoms with E-state index in [1.807, 2.05) is 44.2 Å². The number of carbonyl (C=O) groups is 1. The summed E-state index contributed by atoms with van der Waals surface area (Å²) in [4.78, 5) is 12.3. The number of nitrogens with one attached hydrogen (secondary N) is 1. The topological polar surface area (TPSA) is 55.1 Å². The minimum absolute atomic E-state index is 0.00841. The third-order valence-electron chi connectivity index (χ3n) is 3.65. The first-order valence-electron chi connectivity index (χ1n) is 7.20. The van der Waals surface area contributed by atoms with E-state index in [2.05, 4.69) is 22.1 Å². The fraction of sp³-hybridized carbons (Fsp3) is 0.353. The van der Waals surface area contributed by atoms with E-state index in [4.69, 9.17) is 5.73 Å². The Morgan fingerprint density at radius 2 is 1.95 bits per heavy atom. The van der Waals surface area contributed by atoms with Crippen LogP contribution < -0.4 is 11.1 Å². The maximum atomic E-state index is 12.3. The first kappa shape index (κ1) is 15.7. The van der Waals surface area contributed by atoms with Crippen molar-refractivity contribution in [1.29, 1.82) is 0 Å². The summed E-state index contributed by atoms with van der Waals surface area (Å²) in [5, 5.41) is 7.22. The lowest BCUT2D eigenvalue weighted by molar-refractivity contribution is -0.125. The molecule has 0 saturated carbocycles. The van der Waals surface area contributed by atoms with Gasteiger partial charge in [0.05, 0.1) is 5.92 Å². The molecule has 21 heavy (non-hydrogen) atoms. The zero-order valence-corrected chi connectivity index (χ0v) is 13.3. The van der Waals surface area contributed by atoms with E-state index in [0.717, 1.165) is 12.0 Å². The van der Waals surface area contributed by atoms with Gasteiger partial charge in [-0.25, -0.2) is 0 Å². The van der Waals surface area contributed by atoms with Crippen molar-refractivity contribution in [2.75, 3.05) is 0 Å². The van der Waals surface area contributed by atoms with E-state index in [9.17, 15) is 4.79 Å². The van der Waals surface area contributed by atoms with Gasteiger partial charge in [0, 0.05) is 12.1 Å². The first-order valence-corrected chi connectivity index (χ1v) is 8.14. The van der Waals surface area contributed by atoms with Crippen LogP contribution in [0.3, 0.4) is 0 Å². The SMILES string of the molecule is CC(Cc1ccsc1)NC(=O)C(C)C(N)c1ccccc1. The molecule has 0 radical (unpaired) electrons. The molecule has 3 N–H and O–H groups in total. The number of thiophene rings is 1. The number of nitrogens with two attached hydrogens (primary N) is 1. The van der Waals surface area contributed by atoms with Crippen LogP contribution in [0.15, 0.2) is 47.2 Å². The molecule has 3 nitrogen and oxygen atoms in total. The molecule has 1 amide bonds. The van der Waals surface area contributed by atoms with Crippen molar-refractivity contribution >= 4 is 17.2 Å². The lowest BCUT2D eigenvalue weighted by atomic mass is 9.94. The maximum absolute atomic E-state index is 12.3. The van der Waals surface area contributed by atoms with E-state index in [-0.39, 0.29) is 23.9 Å². The van der Waals surface area contributed by atoms with Crippen LogP contribution in [0.4, 0.5) is 0 Å². The molecule has 112 valence electrons. The molecule has 2 aromatic rings. The van der Waals surface area contributed by atoms with Gasteiger partial charge in [-0.3, -0.25) is 4.79 Å². The molecule has 0 aliphatic carbocycles. The molecule has 0 fully saturated rings. The lowest BCUT2D eigenvalue weighted by Gasteiger charge is -2.22. The Morgan fingerprint density at radius 3 is 2.57 bits per heavy atom. The van der Waals surface area contributed by atoms with Gasteiger partial charge >= 0.3 is 0 Å². The summed E-state index contributed by atoms with van der Waals surface area (Å²) in [6, 6.07) is 11.7. The highest BCUT2D eigenvalue weighted by atomic mass is 32.1. The molecule has 3 unspecified atom stereocenters. The van der Waals surface area contributed by atoms with Crippen molar-refractivity contribution in [2.24, 2.45) is 11.7 Å². The number of carbonyl (C=O) groups excluding carboxylic acids is 1. The summed E-state index contributed by atoms with van der Waals surface area (Å²) in [6.07, 6.45) is 0.850. The monoisotopic (exact) mass is 302 g/mol. The van der Waals surface area contributed by atoms with Gasteiger partial charge in [-0.2, -0.15) is 11.3 Å². The minimum Gasteiger partial charge on any atom is -0.353 e. The molecule has 0 spiro atoms. The Morgan fingerprint density at radius 1 is 1.24 bits per heavy atom. The molecule has 0 aliphatic heterocycles. The highest BCUT2D eigenvalue weighted by molar-refractivity contribution is 7.07. The van der Waals surface area contributed by atoms with Crippen molar-refractivity contribution < 1.29 is 4.79 Å². The Kier molecular flexibility index (Phi) is 5.53. The molecule has 4 heteroatoms. The number of benzene rings is 1. The van der Waals surface area contributed by atoms with Crippen LogP contribution in [-0.4, -0.2) is 11.9 Å². The van der Waals surface area contributed by atoms with Crippen LogP contribution in [0.2, 0.25) is 0 Å². The number of amides is 1. The van der Waals surface area contributed by atoms with Gasteiger partial charge in [-0.15, -0.1) is 0 Å². The van der Waals surface area contributed by atoms with Gasteiger partial charge in [0.1, 0.15) is 0 Å². The molecule has 2 rings (SSSR count). The van der Waals surface area contributed by atoms with E-state index in [1.165, 1.54) is 5.56 Å². The highest BCUT2D eigenvalue weighted by Gasteiger charge is 2.23. The van der Waals surface area contributed by atoms with Crippen molar-refractivity contribution in [1.82, 2.24) is 5.32 Å². The molecule has 0 saturated heterocycles. The van der Waals surface area contributed by atoms with Gasteiger partial charge in [0.15, 0.2) is 0 Å². The van der Waals surface area contributed by atoms with Crippen LogP contribution in [0, 0.1) is 5.92 Å². The van der Waals surface area contributed by atoms with Crippen molar-refractivity contribution in [3.8, 4) is 0 Å². The van der Waals surface area contributed by atoms with Gasteiger partial charge < -0.3 is 11.1 Å². The fourth-order valence-corrected chi connectivity index (χ4v) is 3.00. The van der Waals surface area contributed by atoms with Crippen LogP contribution in [0.1, 0.15) is 31.0 Å². The number of hydrogen-bond donors (Lipinski definition) is 2. The van der Waals surface area contributed by atoms with E-state index >= 15 is 0 Å². The Labute approximate surface area is 130 Å². The zero-order valence-electron chi connectivity index (χ0n) is 12.5.